The number of nitrogens with zero attached hydrogens (tertiary/aromatic N) is 3. The van der Waals surface area contributed by atoms with Crippen LogP contribution in [0.25, 0.3) is 0 Å². The van der Waals surface area contributed by atoms with Crippen LogP contribution in [0.3, 0.4) is 0 Å². The van der Waals surface area contributed by atoms with Crippen LogP contribution in [0.5, 0.6) is 0 Å². The molecule has 0 spiro atoms. The number of rotatable bonds is 5. The highest BCUT2D eigenvalue weighted by atomic mass is 16.3. The molecule has 1 aromatic heterocycles. The van der Waals surface area contributed by atoms with Gasteiger partial charge >= 0.3 is 6.03 Å². The van der Waals surface area contributed by atoms with Crippen molar-refractivity contribution >= 4 is 17.5 Å². The van der Waals surface area contributed by atoms with E-state index in [1.54, 1.807) is 11.1 Å². The molecule has 1 aliphatic heterocycles. The maximum atomic E-state index is 12.2. The second-order valence-electron chi connectivity index (χ2n) is 6.03. The van der Waals surface area contributed by atoms with Crippen molar-refractivity contribution in [2.75, 3.05) is 36.5 Å². The topological polar surface area (TPSA) is 68.7 Å². The SMILES string of the molecule is O=C(Nc1ccc(N2CCCCC2)nc1)N(CCO)C1CC1. The normalized spacial score (nSPS) is 18.1. The van der Waals surface area contributed by atoms with Crippen LogP contribution < -0.4 is 10.2 Å². The van der Waals surface area contributed by atoms with Gasteiger partial charge in [0.05, 0.1) is 18.5 Å². The van der Waals surface area contributed by atoms with Crippen molar-refractivity contribution < 1.29 is 9.90 Å². The van der Waals surface area contributed by atoms with E-state index in [4.69, 9.17) is 5.11 Å². The standard InChI is InChI=1S/C16H24N4O2/c21-11-10-20(14-5-6-14)16(22)18-13-4-7-15(17-12-13)19-8-2-1-3-9-19/h4,7,12,14,21H,1-3,5-6,8-11H2,(H,18,22). The number of piperidine rings is 1. The number of aromatic nitrogens is 1. The van der Waals surface area contributed by atoms with E-state index in [1.807, 2.05) is 12.1 Å². The van der Waals surface area contributed by atoms with E-state index >= 15 is 0 Å². The molecule has 2 aliphatic rings. The summed E-state index contributed by atoms with van der Waals surface area (Å²) in [5.74, 6) is 0.979. The van der Waals surface area contributed by atoms with E-state index < -0.39 is 0 Å². The van der Waals surface area contributed by atoms with Gasteiger partial charge in [0.1, 0.15) is 5.82 Å². The molecule has 3 rings (SSSR count). The van der Waals surface area contributed by atoms with E-state index in [9.17, 15) is 4.79 Å². The molecule has 2 N–H and O–H groups in total. The predicted molar refractivity (Wildman–Crippen MR) is 86.1 cm³/mol. The molecular formula is C16H24N4O2. The molecule has 2 amide bonds. The van der Waals surface area contributed by atoms with Gasteiger partial charge in [-0.3, -0.25) is 0 Å². The summed E-state index contributed by atoms with van der Waals surface area (Å²) >= 11 is 0. The van der Waals surface area contributed by atoms with Gasteiger partial charge in [0.15, 0.2) is 0 Å². The summed E-state index contributed by atoms with van der Waals surface area (Å²) in [5.41, 5.74) is 0.703. The first-order valence-electron chi connectivity index (χ1n) is 8.17. The fraction of sp³-hybridized carbons (Fsp3) is 0.625. The first kappa shape index (κ1) is 15.1. The highest BCUT2D eigenvalue weighted by Gasteiger charge is 2.32. The molecule has 120 valence electrons. The van der Waals surface area contributed by atoms with E-state index in [1.165, 1.54) is 19.3 Å². The van der Waals surface area contributed by atoms with Crippen LogP contribution in [0.2, 0.25) is 0 Å². The Balaban J connectivity index is 1.59. The zero-order valence-electron chi connectivity index (χ0n) is 12.9. The molecular weight excluding hydrogens is 280 g/mol. The number of pyridine rings is 1. The number of anilines is 2. The zero-order chi connectivity index (χ0) is 15.4. The molecule has 0 bridgehead atoms. The summed E-state index contributed by atoms with van der Waals surface area (Å²) in [6.07, 6.45) is 7.51. The molecule has 0 aromatic carbocycles. The van der Waals surface area contributed by atoms with Crippen molar-refractivity contribution in [1.82, 2.24) is 9.88 Å². The molecule has 22 heavy (non-hydrogen) atoms. The number of hydrogen-bond donors (Lipinski definition) is 2. The average molecular weight is 304 g/mol. The van der Waals surface area contributed by atoms with Gasteiger partial charge in [-0.05, 0) is 44.2 Å². The highest BCUT2D eigenvalue weighted by Crippen LogP contribution is 2.27. The van der Waals surface area contributed by atoms with Gasteiger partial charge in [0, 0.05) is 25.7 Å². The summed E-state index contributed by atoms with van der Waals surface area (Å²) in [6, 6.07) is 4.00. The predicted octanol–water partition coefficient (Wildman–Crippen LogP) is 2.06. The third kappa shape index (κ3) is 3.68. The Morgan fingerprint density at radius 1 is 1.32 bits per heavy atom. The molecule has 1 aliphatic carbocycles. The molecule has 2 fully saturated rings. The zero-order valence-corrected chi connectivity index (χ0v) is 12.9. The molecule has 1 saturated carbocycles. The van der Waals surface area contributed by atoms with Crippen molar-refractivity contribution in [1.29, 1.82) is 0 Å². The van der Waals surface area contributed by atoms with Gasteiger partial charge in [-0.2, -0.15) is 0 Å². The summed E-state index contributed by atoms with van der Waals surface area (Å²) in [5, 5.41) is 11.9. The second-order valence-corrected chi connectivity index (χ2v) is 6.03. The maximum Gasteiger partial charge on any atom is 0.322 e. The van der Waals surface area contributed by atoms with Crippen LogP contribution in [0, 0.1) is 0 Å². The summed E-state index contributed by atoms with van der Waals surface area (Å²) in [7, 11) is 0. The van der Waals surface area contributed by atoms with Crippen molar-refractivity contribution in [3.63, 3.8) is 0 Å². The van der Waals surface area contributed by atoms with E-state index in [-0.39, 0.29) is 18.7 Å². The monoisotopic (exact) mass is 304 g/mol. The minimum Gasteiger partial charge on any atom is -0.395 e. The quantitative estimate of drug-likeness (QED) is 0.873. The largest absolute Gasteiger partial charge is 0.395 e. The van der Waals surface area contributed by atoms with Crippen LogP contribution in [0.4, 0.5) is 16.3 Å². The van der Waals surface area contributed by atoms with Crippen LogP contribution >= 0.6 is 0 Å². The number of urea groups is 1. The Hall–Kier alpha value is -1.82. The van der Waals surface area contributed by atoms with Gasteiger partial charge in [0.25, 0.3) is 0 Å². The Kier molecular flexibility index (Phi) is 4.77. The molecule has 0 radical (unpaired) electrons. The lowest BCUT2D eigenvalue weighted by molar-refractivity contribution is 0.185. The van der Waals surface area contributed by atoms with Crippen molar-refractivity contribution in [3.05, 3.63) is 18.3 Å². The van der Waals surface area contributed by atoms with Gasteiger partial charge in [-0.25, -0.2) is 9.78 Å². The highest BCUT2D eigenvalue weighted by molar-refractivity contribution is 5.89. The van der Waals surface area contributed by atoms with Gasteiger partial charge in [-0.1, -0.05) is 0 Å². The third-order valence-corrected chi connectivity index (χ3v) is 4.27. The van der Waals surface area contributed by atoms with Crippen LogP contribution in [0.15, 0.2) is 18.3 Å². The first-order chi connectivity index (χ1) is 10.8. The summed E-state index contributed by atoms with van der Waals surface area (Å²) in [4.78, 5) is 20.7. The van der Waals surface area contributed by atoms with Crippen LogP contribution in [-0.2, 0) is 0 Å². The fourth-order valence-electron chi connectivity index (χ4n) is 2.91. The Bertz CT molecular complexity index is 495. The average Bonchev–Trinajstić information content (AvgIpc) is 3.39. The number of carbonyl (C=O) groups is 1. The summed E-state index contributed by atoms with van der Waals surface area (Å²) in [6.45, 7) is 2.50. The lowest BCUT2D eigenvalue weighted by Gasteiger charge is -2.27. The smallest absolute Gasteiger partial charge is 0.322 e. The number of carbonyl (C=O) groups excluding carboxylic acids is 1. The Morgan fingerprint density at radius 2 is 2.09 bits per heavy atom. The van der Waals surface area contributed by atoms with Crippen LogP contribution in [0.1, 0.15) is 32.1 Å². The first-order valence-corrected chi connectivity index (χ1v) is 8.17. The van der Waals surface area contributed by atoms with Crippen molar-refractivity contribution in [3.8, 4) is 0 Å². The summed E-state index contributed by atoms with van der Waals surface area (Å²) < 4.78 is 0. The van der Waals surface area contributed by atoms with Crippen LogP contribution in [-0.4, -0.2) is 53.3 Å². The van der Waals surface area contributed by atoms with Gasteiger partial charge in [-0.15, -0.1) is 0 Å². The molecule has 6 heteroatoms. The Morgan fingerprint density at radius 3 is 2.68 bits per heavy atom. The van der Waals surface area contributed by atoms with E-state index in [0.717, 1.165) is 31.7 Å². The lowest BCUT2D eigenvalue weighted by atomic mass is 10.1. The lowest BCUT2D eigenvalue weighted by Crippen LogP contribution is -2.38. The van der Waals surface area contributed by atoms with E-state index in [2.05, 4.69) is 15.2 Å². The number of nitrogens with one attached hydrogen (secondary N) is 1. The molecule has 6 nitrogen and oxygen atoms in total. The van der Waals surface area contributed by atoms with E-state index in [0.29, 0.717) is 12.2 Å². The second kappa shape index (κ2) is 6.96. The molecule has 1 aromatic rings. The minimum absolute atomic E-state index is 0.00390. The minimum atomic E-state index is -0.149. The fourth-order valence-corrected chi connectivity index (χ4v) is 2.91. The number of amides is 2. The number of hydrogen-bond acceptors (Lipinski definition) is 4. The molecule has 2 heterocycles. The van der Waals surface area contributed by atoms with Gasteiger partial charge in [0.2, 0.25) is 0 Å². The molecule has 0 atom stereocenters. The molecule has 0 unspecified atom stereocenters. The van der Waals surface area contributed by atoms with Crippen molar-refractivity contribution in [2.45, 2.75) is 38.1 Å². The molecule has 1 saturated heterocycles. The Labute approximate surface area is 131 Å². The van der Waals surface area contributed by atoms with Crippen molar-refractivity contribution in [2.24, 2.45) is 0 Å². The number of aliphatic hydroxyl groups excluding tert-OH is 1. The number of aliphatic hydroxyl groups is 1. The van der Waals surface area contributed by atoms with Gasteiger partial charge < -0.3 is 20.2 Å². The third-order valence-electron chi connectivity index (χ3n) is 4.27. The maximum absolute atomic E-state index is 12.2.